The Hall–Kier alpha value is -1.31. The van der Waals surface area contributed by atoms with Crippen LogP contribution in [0.15, 0.2) is 35.3 Å². The number of unbranched alkanes of at least 4 members (excludes halogenated alkanes) is 2. The largest absolute Gasteiger partial charge is 0.469 e. The van der Waals surface area contributed by atoms with Gasteiger partial charge in [-0.05, 0) is 44.6 Å². The van der Waals surface area contributed by atoms with Crippen molar-refractivity contribution >= 4 is 35.9 Å². The molecular formula is C21H34IN3O2. The van der Waals surface area contributed by atoms with Crippen LogP contribution in [0.2, 0.25) is 0 Å². The molecule has 152 valence electrons. The van der Waals surface area contributed by atoms with Crippen molar-refractivity contribution in [3.05, 3.63) is 35.9 Å². The highest BCUT2D eigenvalue weighted by molar-refractivity contribution is 14.0. The molecule has 0 saturated carbocycles. The molecule has 1 N–H and O–H groups in total. The van der Waals surface area contributed by atoms with Crippen molar-refractivity contribution in [1.82, 2.24) is 10.2 Å². The second-order valence-corrected chi connectivity index (χ2v) is 6.82. The van der Waals surface area contributed by atoms with Crippen molar-refractivity contribution in [3.63, 3.8) is 0 Å². The highest BCUT2D eigenvalue weighted by Crippen LogP contribution is 2.18. The third-order valence-electron chi connectivity index (χ3n) is 4.89. The minimum Gasteiger partial charge on any atom is -0.469 e. The Morgan fingerprint density at radius 3 is 2.52 bits per heavy atom. The van der Waals surface area contributed by atoms with Crippen LogP contribution in [0.25, 0.3) is 0 Å². The van der Waals surface area contributed by atoms with Gasteiger partial charge in [-0.3, -0.25) is 9.79 Å². The van der Waals surface area contributed by atoms with Gasteiger partial charge in [0.25, 0.3) is 0 Å². The van der Waals surface area contributed by atoms with Crippen LogP contribution in [0.1, 0.15) is 44.6 Å². The maximum absolute atomic E-state index is 11.7. The summed E-state index contributed by atoms with van der Waals surface area (Å²) in [5.41, 5.74) is 1.41. The van der Waals surface area contributed by atoms with E-state index in [0.717, 1.165) is 57.8 Å². The van der Waals surface area contributed by atoms with E-state index >= 15 is 0 Å². The van der Waals surface area contributed by atoms with Crippen molar-refractivity contribution < 1.29 is 9.53 Å². The van der Waals surface area contributed by atoms with Crippen LogP contribution in [0, 0.1) is 5.92 Å². The van der Waals surface area contributed by atoms with E-state index in [1.54, 1.807) is 0 Å². The van der Waals surface area contributed by atoms with Crippen LogP contribution in [-0.2, 0) is 16.0 Å². The van der Waals surface area contributed by atoms with Crippen molar-refractivity contribution in [2.24, 2.45) is 10.9 Å². The quantitative estimate of drug-likeness (QED) is 0.199. The Morgan fingerprint density at radius 1 is 1.19 bits per heavy atom. The van der Waals surface area contributed by atoms with Gasteiger partial charge in [0, 0.05) is 26.2 Å². The van der Waals surface area contributed by atoms with E-state index in [1.807, 2.05) is 0 Å². The number of aliphatic imine (C=N–C) groups is 1. The molecule has 5 nitrogen and oxygen atoms in total. The van der Waals surface area contributed by atoms with Crippen LogP contribution >= 0.6 is 24.0 Å². The number of hydrogen-bond acceptors (Lipinski definition) is 3. The van der Waals surface area contributed by atoms with Gasteiger partial charge < -0.3 is 15.0 Å². The average Bonchev–Trinajstić information content (AvgIpc) is 2.70. The Kier molecular flexibility index (Phi) is 12.1. The van der Waals surface area contributed by atoms with Crippen molar-refractivity contribution in [1.29, 1.82) is 0 Å². The van der Waals surface area contributed by atoms with E-state index in [2.05, 4.69) is 47.5 Å². The lowest BCUT2D eigenvalue weighted by atomic mass is 9.97. The number of guanidine groups is 1. The van der Waals surface area contributed by atoms with Crippen LogP contribution in [0.5, 0.6) is 0 Å². The van der Waals surface area contributed by atoms with Crippen molar-refractivity contribution in [3.8, 4) is 0 Å². The number of carbonyl (C=O) groups is 1. The highest BCUT2D eigenvalue weighted by atomic mass is 127. The average molecular weight is 487 g/mol. The fraction of sp³-hybridized carbons (Fsp3) is 0.619. The summed E-state index contributed by atoms with van der Waals surface area (Å²) < 4.78 is 4.86. The predicted molar refractivity (Wildman–Crippen MR) is 122 cm³/mol. The summed E-state index contributed by atoms with van der Waals surface area (Å²) in [5.74, 6) is 0.945. The Bertz CT molecular complexity index is 558. The van der Waals surface area contributed by atoms with Crippen molar-refractivity contribution in [2.75, 3.05) is 33.3 Å². The van der Waals surface area contributed by atoms with Crippen LogP contribution in [0.3, 0.4) is 0 Å². The number of halogens is 1. The number of esters is 1. The van der Waals surface area contributed by atoms with Crippen molar-refractivity contribution in [2.45, 2.75) is 45.4 Å². The normalized spacial score (nSPS) is 15.2. The molecule has 0 aliphatic carbocycles. The first kappa shape index (κ1) is 23.7. The van der Waals surface area contributed by atoms with E-state index in [9.17, 15) is 4.79 Å². The lowest BCUT2D eigenvalue weighted by Gasteiger charge is -2.33. The standard InChI is InChI=1S/C21H33N3O2.HI/c1-3-22-21(24-16-13-19(14-17-24)20(25)26-2)23-15-9-5-8-12-18-10-6-4-7-11-18;/h4,6-7,10-11,19H,3,5,8-9,12-17H2,1-2H3,(H,22,23);1H. The Morgan fingerprint density at radius 2 is 1.89 bits per heavy atom. The van der Waals surface area contributed by atoms with Gasteiger partial charge in [-0.1, -0.05) is 36.8 Å². The molecule has 0 unspecified atom stereocenters. The molecule has 1 fully saturated rings. The first-order chi connectivity index (χ1) is 12.7. The second-order valence-electron chi connectivity index (χ2n) is 6.82. The summed E-state index contributed by atoms with van der Waals surface area (Å²) in [6.45, 7) is 5.54. The van der Waals surface area contributed by atoms with Gasteiger partial charge >= 0.3 is 5.97 Å². The molecule has 1 saturated heterocycles. The number of piperidine rings is 1. The first-order valence-electron chi connectivity index (χ1n) is 9.89. The predicted octanol–water partition coefficient (Wildman–Crippen LogP) is 3.87. The number of benzene rings is 1. The molecule has 27 heavy (non-hydrogen) atoms. The molecule has 1 aromatic carbocycles. The molecule has 2 rings (SSSR count). The fourth-order valence-electron chi connectivity index (χ4n) is 3.37. The number of methoxy groups -OCH3 is 1. The van der Waals surface area contributed by atoms with Crippen LogP contribution in [-0.4, -0.2) is 50.1 Å². The number of rotatable bonds is 8. The topological polar surface area (TPSA) is 53.9 Å². The molecule has 1 aliphatic rings. The number of carbonyl (C=O) groups excluding carboxylic acids is 1. The summed E-state index contributed by atoms with van der Waals surface area (Å²) >= 11 is 0. The van der Waals surface area contributed by atoms with E-state index in [4.69, 9.17) is 9.73 Å². The summed E-state index contributed by atoms with van der Waals surface area (Å²) in [5, 5.41) is 3.39. The monoisotopic (exact) mass is 487 g/mol. The number of aryl methyl sites for hydroxylation is 1. The molecule has 6 heteroatoms. The highest BCUT2D eigenvalue weighted by Gasteiger charge is 2.26. The lowest BCUT2D eigenvalue weighted by Crippen LogP contribution is -2.46. The summed E-state index contributed by atoms with van der Waals surface area (Å²) in [6.07, 6.45) is 6.34. The van der Waals surface area contributed by atoms with E-state index in [0.29, 0.717) is 0 Å². The Balaban J connectivity index is 0.00000364. The van der Waals surface area contributed by atoms with E-state index < -0.39 is 0 Å². The van der Waals surface area contributed by atoms with Gasteiger partial charge in [0.2, 0.25) is 0 Å². The third kappa shape index (κ3) is 8.49. The third-order valence-corrected chi connectivity index (χ3v) is 4.89. The van der Waals surface area contributed by atoms with Crippen LogP contribution in [0.4, 0.5) is 0 Å². The second kappa shape index (κ2) is 13.8. The summed E-state index contributed by atoms with van der Waals surface area (Å²) in [6, 6.07) is 10.7. The number of hydrogen-bond donors (Lipinski definition) is 1. The fourth-order valence-corrected chi connectivity index (χ4v) is 3.37. The molecule has 0 bridgehead atoms. The molecule has 1 heterocycles. The molecule has 0 amide bonds. The van der Waals surface area contributed by atoms with E-state index in [1.165, 1.54) is 25.5 Å². The number of nitrogens with one attached hydrogen (secondary N) is 1. The maximum Gasteiger partial charge on any atom is 0.308 e. The molecular weight excluding hydrogens is 453 g/mol. The summed E-state index contributed by atoms with van der Waals surface area (Å²) in [7, 11) is 1.47. The van der Waals surface area contributed by atoms with Gasteiger partial charge in [-0.25, -0.2) is 0 Å². The molecule has 0 radical (unpaired) electrons. The van der Waals surface area contributed by atoms with Gasteiger partial charge in [-0.15, -0.1) is 24.0 Å². The van der Waals surface area contributed by atoms with Gasteiger partial charge in [-0.2, -0.15) is 0 Å². The zero-order chi connectivity index (χ0) is 18.6. The number of likely N-dealkylation sites (tertiary alicyclic amines) is 1. The van der Waals surface area contributed by atoms with Gasteiger partial charge in [0.05, 0.1) is 13.0 Å². The minimum atomic E-state index is -0.0787. The zero-order valence-corrected chi connectivity index (χ0v) is 19.0. The zero-order valence-electron chi connectivity index (χ0n) is 16.7. The smallest absolute Gasteiger partial charge is 0.308 e. The van der Waals surface area contributed by atoms with Gasteiger partial charge in [0.15, 0.2) is 5.96 Å². The Labute approximate surface area is 181 Å². The minimum absolute atomic E-state index is 0. The van der Waals surface area contributed by atoms with Gasteiger partial charge in [0.1, 0.15) is 0 Å². The van der Waals surface area contributed by atoms with Crippen LogP contribution < -0.4 is 5.32 Å². The number of ether oxygens (including phenoxy) is 1. The molecule has 0 spiro atoms. The SMILES string of the molecule is CCNC(=NCCCCCc1ccccc1)N1CCC(C(=O)OC)CC1.I. The number of nitrogens with zero attached hydrogens (tertiary/aromatic N) is 2. The molecule has 1 aromatic rings. The molecule has 0 atom stereocenters. The first-order valence-corrected chi connectivity index (χ1v) is 9.89. The molecule has 1 aliphatic heterocycles. The van der Waals surface area contributed by atoms with E-state index in [-0.39, 0.29) is 35.9 Å². The lowest BCUT2D eigenvalue weighted by molar-refractivity contribution is -0.146. The summed E-state index contributed by atoms with van der Waals surface area (Å²) in [4.78, 5) is 18.7. The molecule has 0 aromatic heterocycles. The maximum atomic E-state index is 11.7.